The quantitative estimate of drug-likeness (QED) is 0.757. The van der Waals surface area contributed by atoms with Gasteiger partial charge >= 0.3 is 6.03 Å². The molecule has 4 heteroatoms. The Morgan fingerprint density at radius 1 is 1.35 bits per heavy atom. The second-order valence-electron chi connectivity index (χ2n) is 5.40. The molecular formula is C13H19N3O. The minimum Gasteiger partial charge on any atom is -0.385 e. The van der Waals surface area contributed by atoms with E-state index in [0.29, 0.717) is 17.7 Å². The van der Waals surface area contributed by atoms with Gasteiger partial charge in [-0.25, -0.2) is 4.79 Å². The van der Waals surface area contributed by atoms with Gasteiger partial charge < -0.3 is 10.6 Å². The van der Waals surface area contributed by atoms with Crippen LogP contribution in [0.3, 0.4) is 0 Å². The van der Waals surface area contributed by atoms with Crippen LogP contribution in [0.25, 0.3) is 0 Å². The van der Waals surface area contributed by atoms with E-state index in [4.69, 9.17) is 5.73 Å². The summed E-state index contributed by atoms with van der Waals surface area (Å²) in [6.07, 6.45) is 10.2. The topological polar surface area (TPSA) is 58.7 Å². The molecule has 3 aliphatic rings. The first-order chi connectivity index (χ1) is 8.25. The maximum absolute atomic E-state index is 11.8. The molecule has 2 atom stereocenters. The molecule has 0 saturated heterocycles. The minimum absolute atomic E-state index is 0.0630. The number of amidine groups is 1. The average molecular weight is 233 g/mol. The number of aliphatic imine (C=N–C) groups is 1. The Morgan fingerprint density at radius 3 is 2.82 bits per heavy atom. The van der Waals surface area contributed by atoms with Crippen LogP contribution >= 0.6 is 0 Å². The van der Waals surface area contributed by atoms with Crippen LogP contribution in [0.1, 0.15) is 32.1 Å². The van der Waals surface area contributed by atoms with Crippen LogP contribution in [0.15, 0.2) is 17.1 Å². The van der Waals surface area contributed by atoms with Gasteiger partial charge in [0.25, 0.3) is 0 Å². The highest BCUT2D eigenvalue weighted by Gasteiger charge is 2.41. The Labute approximate surface area is 102 Å². The third-order valence-electron chi connectivity index (χ3n) is 4.02. The summed E-state index contributed by atoms with van der Waals surface area (Å²) in [4.78, 5) is 17.7. The number of nitrogens with zero attached hydrogens (tertiary/aromatic N) is 2. The molecule has 0 aromatic heterocycles. The zero-order chi connectivity index (χ0) is 11.8. The number of nitrogens with two attached hydrogens (primary N) is 1. The first kappa shape index (κ1) is 10.8. The smallest absolute Gasteiger partial charge is 0.345 e. The lowest BCUT2D eigenvalue weighted by atomic mass is 9.86. The maximum Gasteiger partial charge on any atom is 0.345 e. The van der Waals surface area contributed by atoms with Crippen molar-refractivity contribution in [2.45, 2.75) is 38.1 Å². The van der Waals surface area contributed by atoms with Crippen molar-refractivity contribution in [3.8, 4) is 0 Å². The molecule has 2 aliphatic carbocycles. The number of carbonyl (C=O) groups is 1. The Morgan fingerprint density at radius 2 is 2.18 bits per heavy atom. The van der Waals surface area contributed by atoms with E-state index in [2.05, 4.69) is 17.1 Å². The van der Waals surface area contributed by atoms with Crippen LogP contribution in [0.4, 0.5) is 4.79 Å². The van der Waals surface area contributed by atoms with Crippen molar-refractivity contribution in [1.29, 1.82) is 0 Å². The van der Waals surface area contributed by atoms with Gasteiger partial charge in [0.1, 0.15) is 5.84 Å². The van der Waals surface area contributed by atoms with Crippen LogP contribution in [0.2, 0.25) is 0 Å². The number of hydrogen-bond donors (Lipinski definition) is 1. The van der Waals surface area contributed by atoms with Crippen molar-refractivity contribution in [3.05, 3.63) is 12.2 Å². The number of rotatable bonds is 3. The summed E-state index contributed by atoms with van der Waals surface area (Å²) < 4.78 is 0. The molecular weight excluding hydrogens is 214 g/mol. The van der Waals surface area contributed by atoms with Crippen molar-refractivity contribution >= 4 is 11.9 Å². The molecule has 2 N–H and O–H groups in total. The van der Waals surface area contributed by atoms with Gasteiger partial charge in [-0.2, -0.15) is 4.99 Å². The highest BCUT2D eigenvalue weighted by atomic mass is 16.2. The van der Waals surface area contributed by atoms with Crippen LogP contribution in [-0.2, 0) is 0 Å². The summed E-state index contributed by atoms with van der Waals surface area (Å²) in [5, 5.41) is 0. The SMILES string of the molecule is NC1=NC(=O)N(CC2CC2)C1C1CC=CCC1. The summed E-state index contributed by atoms with van der Waals surface area (Å²) in [6.45, 7) is 0.855. The molecule has 4 nitrogen and oxygen atoms in total. The average Bonchev–Trinajstić information content (AvgIpc) is 3.08. The Kier molecular flexibility index (Phi) is 2.65. The molecule has 2 amide bonds. The van der Waals surface area contributed by atoms with Crippen LogP contribution in [-0.4, -0.2) is 29.4 Å². The normalized spacial score (nSPS) is 33.1. The first-order valence-electron chi connectivity index (χ1n) is 6.55. The zero-order valence-electron chi connectivity index (χ0n) is 10.0. The van der Waals surface area contributed by atoms with Gasteiger partial charge in [0.05, 0.1) is 6.04 Å². The van der Waals surface area contributed by atoms with E-state index in [1.807, 2.05) is 4.90 Å². The van der Waals surface area contributed by atoms with Gasteiger partial charge in [0.2, 0.25) is 0 Å². The second-order valence-corrected chi connectivity index (χ2v) is 5.40. The van der Waals surface area contributed by atoms with E-state index in [0.717, 1.165) is 25.8 Å². The molecule has 0 bridgehead atoms. The Hall–Kier alpha value is -1.32. The molecule has 92 valence electrons. The van der Waals surface area contributed by atoms with Crippen LogP contribution in [0.5, 0.6) is 0 Å². The molecule has 0 aromatic carbocycles. The third kappa shape index (κ3) is 2.08. The highest BCUT2D eigenvalue weighted by molar-refractivity contribution is 6.03. The predicted octanol–water partition coefficient (Wildman–Crippen LogP) is 1.91. The standard InChI is InChI=1S/C13H19N3O/c14-12-11(10-4-2-1-3-5-10)16(13(17)15-12)8-9-6-7-9/h1-2,9-11H,3-8H2,(H2,14,15,17). The van der Waals surface area contributed by atoms with Crippen molar-refractivity contribution < 1.29 is 4.79 Å². The largest absolute Gasteiger partial charge is 0.385 e. The first-order valence-corrected chi connectivity index (χ1v) is 6.55. The van der Waals surface area contributed by atoms with Gasteiger partial charge in [-0.3, -0.25) is 0 Å². The molecule has 0 radical (unpaired) electrons. The summed E-state index contributed by atoms with van der Waals surface area (Å²) in [5.41, 5.74) is 5.95. The van der Waals surface area contributed by atoms with Gasteiger partial charge in [-0.1, -0.05) is 12.2 Å². The maximum atomic E-state index is 11.8. The van der Waals surface area contributed by atoms with Crippen LogP contribution in [0, 0.1) is 11.8 Å². The lowest BCUT2D eigenvalue weighted by Gasteiger charge is -2.32. The summed E-state index contributed by atoms with van der Waals surface area (Å²) in [6, 6.07) is -0.0537. The van der Waals surface area contributed by atoms with Crippen molar-refractivity contribution in [2.24, 2.45) is 22.6 Å². The van der Waals surface area contributed by atoms with Crippen molar-refractivity contribution in [2.75, 3.05) is 6.54 Å². The third-order valence-corrected chi connectivity index (χ3v) is 4.02. The number of amides is 2. The highest BCUT2D eigenvalue weighted by Crippen LogP contribution is 2.34. The van der Waals surface area contributed by atoms with E-state index in [1.165, 1.54) is 12.8 Å². The Bertz CT molecular complexity index is 384. The summed E-state index contributed by atoms with van der Waals surface area (Å²) in [7, 11) is 0. The fourth-order valence-electron chi connectivity index (χ4n) is 2.89. The molecule has 1 heterocycles. The lowest BCUT2D eigenvalue weighted by molar-refractivity contribution is 0.183. The second kappa shape index (κ2) is 4.17. The van der Waals surface area contributed by atoms with E-state index in [9.17, 15) is 4.79 Å². The monoisotopic (exact) mass is 233 g/mol. The molecule has 0 aromatic rings. The fourth-order valence-corrected chi connectivity index (χ4v) is 2.89. The van der Waals surface area contributed by atoms with Crippen molar-refractivity contribution in [1.82, 2.24) is 4.90 Å². The van der Waals surface area contributed by atoms with Crippen molar-refractivity contribution in [3.63, 3.8) is 0 Å². The van der Waals surface area contributed by atoms with E-state index in [-0.39, 0.29) is 12.1 Å². The lowest BCUT2D eigenvalue weighted by Crippen LogP contribution is -2.46. The van der Waals surface area contributed by atoms with Gasteiger partial charge in [-0.05, 0) is 43.9 Å². The Balaban J connectivity index is 1.75. The summed E-state index contributed by atoms with van der Waals surface area (Å²) >= 11 is 0. The van der Waals surface area contributed by atoms with Gasteiger partial charge in [0, 0.05) is 6.54 Å². The molecule has 3 rings (SSSR count). The number of allylic oxidation sites excluding steroid dienone is 2. The molecule has 2 unspecified atom stereocenters. The van der Waals surface area contributed by atoms with E-state index >= 15 is 0 Å². The van der Waals surface area contributed by atoms with Gasteiger partial charge in [-0.15, -0.1) is 0 Å². The molecule has 0 spiro atoms. The van der Waals surface area contributed by atoms with E-state index < -0.39 is 0 Å². The van der Waals surface area contributed by atoms with E-state index in [1.54, 1.807) is 0 Å². The number of hydrogen-bond acceptors (Lipinski definition) is 2. The van der Waals surface area contributed by atoms with Crippen LogP contribution < -0.4 is 5.73 Å². The minimum atomic E-state index is -0.117. The number of carbonyl (C=O) groups excluding carboxylic acids is 1. The number of urea groups is 1. The zero-order valence-corrected chi connectivity index (χ0v) is 10.0. The van der Waals surface area contributed by atoms with Gasteiger partial charge in [0.15, 0.2) is 0 Å². The molecule has 1 saturated carbocycles. The molecule has 1 fully saturated rings. The summed E-state index contributed by atoms with van der Waals surface area (Å²) in [5.74, 6) is 1.70. The predicted molar refractivity (Wildman–Crippen MR) is 66.7 cm³/mol. The molecule has 17 heavy (non-hydrogen) atoms. The fraction of sp³-hybridized carbons (Fsp3) is 0.692. The molecule has 1 aliphatic heterocycles.